The third-order valence-electron chi connectivity index (χ3n) is 4.18. The number of sulfonamides is 1. The van der Waals surface area contributed by atoms with Crippen LogP contribution in [0.15, 0.2) is 53.4 Å². The van der Waals surface area contributed by atoms with Crippen molar-refractivity contribution in [3.05, 3.63) is 64.7 Å². The number of rotatable bonds is 5. The summed E-state index contributed by atoms with van der Waals surface area (Å²) in [6, 6.07) is 13.0. The van der Waals surface area contributed by atoms with Gasteiger partial charge >= 0.3 is 0 Å². The summed E-state index contributed by atoms with van der Waals surface area (Å²) in [5.74, 6) is -0.0458. The van der Waals surface area contributed by atoms with E-state index in [1.165, 1.54) is 12.1 Å². The first kappa shape index (κ1) is 17.9. The Hall–Kier alpha value is -1.89. The molecule has 7 heteroatoms. The molecule has 1 N–H and O–H groups in total. The van der Waals surface area contributed by atoms with Gasteiger partial charge in [-0.25, -0.2) is 13.1 Å². The van der Waals surface area contributed by atoms with Crippen molar-refractivity contribution in [2.45, 2.75) is 24.3 Å². The smallest absolute Gasteiger partial charge is 0.253 e. The van der Waals surface area contributed by atoms with Gasteiger partial charge in [-0.15, -0.1) is 0 Å². The van der Waals surface area contributed by atoms with Gasteiger partial charge in [0, 0.05) is 30.2 Å². The lowest BCUT2D eigenvalue weighted by molar-refractivity contribution is 0.0792. The Morgan fingerprint density at radius 1 is 1.00 bits per heavy atom. The van der Waals surface area contributed by atoms with Crippen LogP contribution in [0.5, 0.6) is 0 Å². The minimum atomic E-state index is -3.64. The first-order valence-corrected chi connectivity index (χ1v) is 9.95. The molecule has 0 bridgehead atoms. The van der Waals surface area contributed by atoms with Gasteiger partial charge in [-0.1, -0.05) is 23.7 Å². The van der Waals surface area contributed by atoms with Crippen molar-refractivity contribution in [2.24, 2.45) is 0 Å². The van der Waals surface area contributed by atoms with E-state index in [1.807, 2.05) is 0 Å². The maximum absolute atomic E-state index is 12.4. The summed E-state index contributed by atoms with van der Waals surface area (Å²) in [4.78, 5) is 14.2. The predicted molar refractivity (Wildman–Crippen MR) is 97.1 cm³/mol. The lowest BCUT2D eigenvalue weighted by atomic mass is 10.2. The highest BCUT2D eigenvalue weighted by Gasteiger charge is 2.20. The standard InChI is InChI=1S/C18H19ClN2O3S/c19-16-7-3-14(4-8-16)13-20-25(23,24)17-9-5-15(6-10-17)18(22)21-11-1-2-12-21/h3-10,20H,1-2,11-13H2. The molecule has 1 aliphatic heterocycles. The molecule has 1 amide bonds. The monoisotopic (exact) mass is 378 g/mol. The highest BCUT2D eigenvalue weighted by molar-refractivity contribution is 7.89. The van der Waals surface area contributed by atoms with Gasteiger partial charge in [0.1, 0.15) is 0 Å². The second-order valence-electron chi connectivity index (χ2n) is 5.97. The maximum atomic E-state index is 12.4. The van der Waals surface area contributed by atoms with E-state index in [9.17, 15) is 13.2 Å². The number of halogens is 1. The van der Waals surface area contributed by atoms with Crippen LogP contribution in [-0.4, -0.2) is 32.3 Å². The van der Waals surface area contributed by atoms with E-state index < -0.39 is 10.0 Å². The molecule has 1 fully saturated rings. The van der Waals surface area contributed by atoms with Crippen molar-refractivity contribution in [2.75, 3.05) is 13.1 Å². The van der Waals surface area contributed by atoms with E-state index in [0.29, 0.717) is 10.6 Å². The molecule has 0 radical (unpaired) electrons. The zero-order valence-electron chi connectivity index (χ0n) is 13.6. The normalized spacial score (nSPS) is 14.7. The second-order valence-corrected chi connectivity index (χ2v) is 8.18. The van der Waals surface area contributed by atoms with Crippen molar-refractivity contribution in [3.63, 3.8) is 0 Å². The quantitative estimate of drug-likeness (QED) is 0.869. The molecule has 1 aliphatic rings. The topological polar surface area (TPSA) is 66.5 Å². The molecule has 2 aromatic rings. The van der Waals surface area contributed by atoms with Crippen LogP contribution in [0.25, 0.3) is 0 Å². The number of hydrogen-bond donors (Lipinski definition) is 1. The van der Waals surface area contributed by atoms with Crippen LogP contribution < -0.4 is 4.72 Å². The van der Waals surface area contributed by atoms with Gasteiger partial charge in [-0.05, 0) is 54.8 Å². The van der Waals surface area contributed by atoms with Gasteiger partial charge in [0.2, 0.25) is 10.0 Å². The Labute approximate surface area is 152 Å². The van der Waals surface area contributed by atoms with E-state index in [2.05, 4.69) is 4.72 Å². The molecule has 25 heavy (non-hydrogen) atoms. The Morgan fingerprint density at radius 2 is 1.60 bits per heavy atom. The highest BCUT2D eigenvalue weighted by atomic mass is 35.5. The van der Waals surface area contributed by atoms with E-state index in [4.69, 9.17) is 11.6 Å². The predicted octanol–water partition coefficient (Wildman–Crippen LogP) is 3.05. The van der Waals surface area contributed by atoms with Crippen molar-refractivity contribution in [1.29, 1.82) is 0 Å². The van der Waals surface area contributed by atoms with Crippen molar-refractivity contribution in [1.82, 2.24) is 9.62 Å². The number of likely N-dealkylation sites (tertiary alicyclic amines) is 1. The van der Waals surface area contributed by atoms with Crippen LogP contribution in [0, 0.1) is 0 Å². The molecule has 0 unspecified atom stereocenters. The van der Waals surface area contributed by atoms with E-state index in [-0.39, 0.29) is 17.3 Å². The number of benzene rings is 2. The SMILES string of the molecule is O=C(c1ccc(S(=O)(=O)NCc2ccc(Cl)cc2)cc1)N1CCCC1. The molecule has 5 nitrogen and oxygen atoms in total. The zero-order valence-corrected chi connectivity index (χ0v) is 15.2. The number of hydrogen-bond acceptors (Lipinski definition) is 3. The van der Waals surface area contributed by atoms with Gasteiger partial charge in [-0.3, -0.25) is 4.79 Å². The number of carbonyl (C=O) groups excluding carboxylic acids is 1. The first-order chi connectivity index (χ1) is 12.0. The molecule has 0 atom stereocenters. The molecular formula is C18H19ClN2O3S. The Balaban J connectivity index is 1.67. The second kappa shape index (κ2) is 7.56. The summed E-state index contributed by atoms with van der Waals surface area (Å²) < 4.78 is 27.3. The van der Waals surface area contributed by atoms with Gasteiger partial charge in [0.05, 0.1) is 4.90 Å². The third-order valence-corrected chi connectivity index (χ3v) is 5.85. The fourth-order valence-corrected chi connectivity index (χ4v) is 3.89. The number of amides is 1. The van der Waals surface area contributed by atoms with Crippen LogP contribution in [0.1, 0.15) is 28.8 Å². The molecule has 2 aromatic carbocycles. The molecule has 3 rings (SSSR count). The lowest BCUT2D eigenvalue weighted by Gasteiger charge is -2.15. The summed E-state index contributed by atoms with van der Waals surface area (Å²) >= 11 is 5.82. The summed E-state index contributed by atoms with van der Waals surface area (Å²) in [6.45, 7) is 1.71. The van der Waals surface area contributed by atoms with Crippen LogP contribution >= 0.6 is 11.6 Å². The zero-order chi connectivity index (χ0) is 17.9. The van der Waals surface area contributed by atoms with Crippen molar-refractivity contribution in [3.8, 4) is 0 Å². The average molecular weight is 379 g/mol. The van der Waals surface area contributed by atoms with Crippen molar-refractivity contribution >= 4 is 27.5 Å². The molecule has 132 valence electrons. The first-order valence-electron chi connectivity index (χ1n) is 8.09. The van der Waals surface area contributed by atoms with E-state index in [0.717, 1.165) is 31.5 Å². The third kappa shape index (κ3) is 4.39. The number of carbonyl (C=O) groups is 1. The Bertz CT molecular complexity index is 843. The molecular weight excluding hydrogens is 360 g/mol. The van der Waals surface area contributed by atoms with Gasteiger partial charge in [0.15, 0.2) is 0 Å². The fourth-order valence-electron chi connectivity index (χ4n) is 2.74. The van der Waals surface area contributed by atoms with E-state index >= 15 is 0 Å². The minimum absolute atomic E-state index is 0.0458. The lowest BCUT2D eigenvalue weighted by Crippen LogP contribution is -2.27. The van der Waals surface area contributed by atoms with Gasteiger partial charge in [-0.2, -0.15) is 0 Å². The molecule has 0 aliphatic carbocycles. The largest absolute Gasteiger partial charge is 0.339 e. The molecule has 0 aromatic heterocycles. The number of nitrogens with one attached hydrogen (secondary N) is 1. The summed E-state index contributed by atoms with van der Waals surface area (Å²) in [7, 11) is -3.64. The molecule has 0 saturated carbocycles. The Morgan fingerprint density at radius 3 is 2.20 bits per heavy atom. The van der Waals surface area contributed by atoms with Crippen molar-refractivity contribution < 1.29 is 13.2 Å². The fraction of sp³-hybridized carbons (Fsp3) is 0.278. The highest BCUT2D eigenvalue weighted by Crippen LogP contribution is 2.16. The Kier molecular flexibility index (Phi) is 5.42. The van der Waals surface area contributed by atoms with Crippen LogP contribution in [0.2, 0.25) is 5.02 Å². The van der Waals surface area contributed by atoms with Gasteiger partial charge in [0.25, 0.3) is 5.91 Å². The maximum Gasteiger partial charge on any atom is 0.253 e. The average Bonchev–Trinajstić information content (AvgIpc) is 3.15. The number of nitrogens with zero attached hydrogens (tertiary/aromatic N) is 1. The van der Waals surface area contributed by atoms with Crippen LogP contribution in [0.3, 0.4) is 0 Å². The molecule has 1 heterocycles. The summed E-state index contributed by atoms with van der Waals surface area (Å²) in [5.41, 5.74) is 1.33. The van der Waals surface area contributed by atoms with E-state index in [1.54, 1.807) is 41.3 Å². The van der Waals surface area contributed by atoms with Gasteiger partial charge < -0.3 is 4.90 Å². The summed E-state index contributed by atoms with van der Waals surface area (Å²) in [6.07, 6.45) is 2.04. The van der Waals surface area contributed by atoms with Crippen LogP contribution in [-0.2, 0) is 16.6 Å². The molecule has 1 saturated heterocycles. The minimum Gasteiger partial charge on any atom is -0.339 e. The van der Waals surface area contributed by atoms with Crippen LogP contribution in [0.4, 0.5) is 0 Å². The summed E-state index contributed by atoms with van der Waals surface area (Å²) in [5, 5.41) is 0.602. The molecule has 0 spiro atoms.